The summed E-state index contributed by atoms with van der Waals surface area (Å²) < 4.78 is 23.8. The molecule has 0 bridgehead atoms. The number of nitrogens with zero attached hydrogens (tertiary/aromatic N) is 3. The molecule has 2 rings (SSSR count). The number of guanidine groups is 1. The molecule has 0 atom stereocenters. The van der Waals surface area contributed by atoms with Crippen molar-refractivity contribution in [2.75, 3.05) is 66.6 Å². The van der Waals surface area contributed by atoms with Gasteiger partial charge in [-0.1, -0.05) is 0 Å². The Morgan fingerprint density at radius 1 is 1.25 bits per heavy atom. The van der Waals surface area contributed by atoms with E-state index < -0.39 is 0 Å². The van der Waals surface area contributed by atoms with E-state index in [1.807, 2.05) is 7.05 Å². The highest BCUT2D eigenvalue weighted by Crippen LogP contribution is 2.17. The maximum absolute atomic E-state index is 12.9. The van der Waals surface area contributed by atoms with Gasteiger partial charge in [0.15, 0.2) is 5.96 Å². The molecule has 0 spiro atoms. The fourth-order valence-electron chi connectivity index (χ4n) is 3.24. The number of likely N-dealkylation sites (tertiary alicyclic amines) is 1. The number of methoxy groups -OCH3 is 1. The summed E-state index contributed by atoms with van der Waals surface area (Å²) in [5.41, 5.74) is 0. The molecule has 1 heterocycles. The Morgan fingerprint density at radius 2 is 1.96 bits per heavy atom. The number of benzene rings is 1. The number of nitrogens with one attached hydrogen (secondary N) is 1. The molecule has 0 radical (unpaired) electrons. The second-order valence-corrected chi connectivity index (χ2v) is 7.20. The molecule has 1 N–H and O–H groups in total. The summed E-state index contributed by atoms with van der Waals surface area (Å²) in [5, 5.41) is 3.36. The molecule has 1 fully saturated rings. The minimum Gasteiger partial charge on any atom is -0.492 e. The molecule has 0 unspecified atom stereocenters. The van der Waals surface area contributed by atoms with Gasteiger partial charge in [0.25, 0.3) is 0 Å². The summed E-state index contributed by atoms with van der Waals surface area (Å²) >= 11 is 0. The van der Waals surface area contributed by atoms with Gasteiger partial charge in [-0.15, -0.1) is 0 Å². The number of ether oxygens (including phenoxy) is 2. The van der Waals surface area contributed by atoms with Gasteiger partial charge in [0, 0.05) is 33.8 Å². The average molecular weight is 395 g/mol. The minimum absolute atomic E-state index is 0.254. The van der Waals surface area contributed by atoms with Crippen molar-refractivity contribution in [3.05, 3.63) is 30.1 Å². The van der Waals surface area contributed by atoms with Crippen molar-refractivity contribution in [1.29, 1.82) is 0 Å². The first-order chi connectivity index (χ1) is 13.6. The van der Waals surface area contributed by atoms with Crippen LogP contribution in [0, 0.1) is 11.7 Å². The zero-order valence-corrected chi connectivity index (χ0v) is 17.5. The highest BCUT2D eigenvalue weighted by Gasteiger charge is 2.19. The van der Waals surface area contributed by atoms with Crippen molar-refractivity contribution >= 4 is 5.96 Å². The first-order valence-corrected chi connectivity index (χ1v) is 10.2. The molecule has 0 aliphatic carbocycles. The molecule has 1 aromatic carbocycles. The van der Waals surface area contributed by atoms with Gasteiger partial charge >= 0.3 is 0 Å². The van der Waals surface area contributed by atoms with Gasteiger partial charge in [0.2, 0.25) is 0 Å². The average Bonchev–Trinajstić information content (AvgIpc) is 2.71. The maximum Gasteiger partial charge on any atom is 0.193 e. The molecule has 28 heavy (non-hydrogen) atoms. The van der Waals surface area contributed by atoms with Crippen LogP contribution in [-0.4, -0.2) is 82.4 Å². The van der Waals surface area contributed by atoms with Gasteiger partial charge < -0.3 is 24.6 Å². The molecule has 6 nitrogen and oxygen atoms in total. The second kappa shape index (κ2) is 12.6. The van der Waals surface area contributed by atoms with Crippen molar-refractivity contribution in [3.63, 3.8) is 0 Å². The third-order valence-electron chi connectivity index (χ3n) is 5.02. The summed E-state index contributed by atoms with van der Waals surface area (Å²) in [6.45, 7) is 9.06. The normalized spacial score (nSPS) is 16.2. The lowest BCUT2D eigenvalue weighted by atomic mass is 9.97. The van der Waals surface area contributed by atoms with Crippen LogP contribution in [0.3, 0.4) is 0 Å². The number of halogens is 1. The quantitative estimate of drug-likeness (QED) is 0.488. The first-order valence-electron chi connectivity index (χ1n) is 10.2. The second-order valence-electron chi connectivity index (χ2n) is 7.20. The molecule has 0 amide bonds. The first kappa shape index (κ1) is 22.4. The third kappa shape index (κ3) is 8.02. The number of rotatable bonds is 10. The molecule has 1 aliphatic heterocycles. The van der Waals surface area contributed by atoms with Crippen LogP contribution < -0.4 is 10.1 Å². The van der Waals surface area contributed by atoms with Crippen LogP contribution in [-0.2, 0) is 4.74 Å². The van der Waals surface area contributed by atoms with Crippen LogP contribution in [0.4, 0.5) is 4.39 Å². The zero-order chi connectivity index (χ0) is 20.2. The molecule has 1 saturated heterocycles. The van der Waals surface area contributed by atoms with Gasteiger partial charge in [-0.2, -0.15) is 0 Å². The van der Waals surface area contributed by atoms with Gasteiger partial charge in [0.05, 0.1) is 13.2 Å². The molecule has 1 aromatic rings. The van der Waals surface area contributed by atoms with Crippen molar-refractivity contribution in [3.8, 4) is 5.75 Å². The van der Waals surface area contributed by atoms with Crippen LogP contribution >= 0.6 is 0 Å². The van der Waals surface area contributed by atoms with Crippen LogP contribution in [0.15, 0.2) is 29.3 Å². The Hall–Kier alpha value is -1.86. The molecular weight excluding hydrogens is 359 g/mol. The van der Waals surface area contributed by atoms with E-state index >= 15 is 0 Å². The summed E-state index contributed by atoms with van der Waals surface area (Å²) in [6.07, 6.45) is 2.37. The van der Waals surface area contributed by atoms with E-state index in [9.17, 15) is 4.39 Å². The van der Waals surface area contributed by atoms with Crippen molar-refractivity contribution in [1.82, 2.24) is 15.1 Å². The monoisotopic (exact) mass is 394 g/mol. The minimum atomic E-state index is -0.254. The predicted molar refractivity (Wildman–Crippen MR) is 112 cm³/mol. The number of piperidine rings is 1. The molecule has 0 saturated carbocycles. The lowest BCUT2D eigenvalue weighted by molar-refractivity contribution is 0.121. The summed E-state index contributed by atoms with van der Waals surface area (Å²) in [4.78, 5) is 9.39. The van der Waals surface area contributed by atoms with E-state index in [4.69, 9.17) is 14.5 Å². The lowest BCUT2D eigenvalue weighted by Gasteiger charge is -2.31. The Morgan fingerprint density at radius 3 is 2.61 bits per heavy atom. The van der Waals surface area contributed by atoms with E-state index in [-0.39, 0.29) is 5.82 Å². The fraction of sp³-hybridized carbons (Fsp3) is 0.667. The predicted octanol–water partition coefficient (Wildman–Crippen LogP) is 2.46. The number of aliphatic imine (C=N–C) groups is 1. The number of likely N-dealkylation sites (N-methyl/N-ethyl adjacent to an activating group) is 1. The smallest absolute Gasteiger partial charge is 0.193 e. The molecular formula is C21H35FN4O2. The Kier molecular flexibility index (Phi) is 10.1. The topological polar surface area (TPSA) is 49.3 Å². The van der Waals surface area contributed by atoms with Crippen LogP contribution in [0.1, 0.15) is 19.8 Å². The Bertz CT molecular complexity index is 574. The summed E-state index contributed by atoms with van der Waals surface area (Å²) in [7, 11) is 3.77. The van der Waals surface area contributed by atoms with E-state index in [1.165, 1.54) is 25.0 Å². The Balaban J connectivity index is 1.75. The van der Waals surface area contributed by atoms with Gasteiger partial charge in [-0.25, -0.2) is 4.39 Å². The SMILES string of the molecule is CCNC(=NCC1CCN(CCOC)CC1)N(C)CCOc1ccc(F)cc1. The molecule has 1 aliphatic rings. The fourth-order valence-corrected chi connectivity index (χ4v) is 3.24. The van der Waals surface area contributed by atoms with E-state index in [2.05, 4.69) is 22.0 Å². The van der Waals surface area contributed by atoms with E-state index in [0.717, 1.165) is 45.3 Å². The van der Waals surface area contributed by atoms with Crippen molar-refractivity contribution in [2.45, 2.75) is 19.8 Å². The van der Waals surface area contributed by atoms with Gasteiger partial charge in [0.1, 0.15) is 18.2 Å². The van der Waals surface area contributed by atoms with Gasteiger partial charge in [-0.3, -0.25) is 4.99 Å². The van der Waals surface area contributed by atoms with Crippen molar-refractivity contribution in [2.24, 2.45) is 10.9 Å². The van der Waals surface area contributed by atoms with E-state index in [1.54, 1.807) is 19.2 Å². The van der Waals surface area contributed by atoms with Crippen LogP contribution in [0.2, 0.25) is 0 Å². The molecule has 0 aromatic heterocycles. The van der Waals surface area contributed by atoms with Crippen LogP contribution in [0.25, 0.3) is 0 Å². The Labute approximate surface area is 168 Å². The van der Waals surface area contributed by atoms with Gasteiger partial charge in [-0.05, 0) is 63.0 Å². The number of hydrogen-bond acceptors (Lipinski definition) is 4. The highest BCUT2D eigenvalue weighted by atomic mass is 19.1. The maximum atomic E-state index is 12.9. The molecule has 158 valence electrons. The largest absolute Gasteiger partial charge is 0.492 e. The number of hydrogen-bond donors (Lipinski definition) is 1. The summed E-state index contributed by atoms with van der Waals surface area (Å²) in [6, 6.07) is 6.11. The van der Waals surface area contributed by atoms with Crippen LogP contribution in [0.5, 0.6) is 5.75 Å². The summed E-state index contributed by atoms with van der Waals surface area (Å²) in [5.74, 6) is 1.97. The third-order valence-corrected chi connectivity index (χ3v) is 5.02. The van der Waals surface area contributed by atoms with E-state index in [0.29, 0.717) is 24.8 Å². The standard InChI is InChI=1S/C21H35FN4O2/c1-4-23-21(24-17-18-9-11-26(12-10-18)14-15-27-3)25(2)13-16-28-20-7-5-19(22)6-8-20/h5-8,18H,4,9-17H2,1-3H3,(H,23,24). The molecule has 7 heteroatoms. The lowest BCUT2D eigenvalue weighted by Crippen LogP contribution is -2.41. The van der Waals surface area contributed by atoms with Crippen molar-refractivity contribution < 1.29 is 13.9 Å². The zero-order valence-electron chi connectivity index (χ0n) is 17.5. The highest BCUT2D eigenvalue weighted by molar-refractivity contribution is 5.79.